The largest absolute Gasteiger partial charge is 0.362 e. The Morgan fingerprint density at radius 2 is 1.60 bits per heavy atom. The summed E-state index contributed by atoms with van der Waals surface area (Å²) in [5.74, 6) is 0. The van der Waals surface area contributed by atoms with Gasteiger partial charge in [0, 0.05) is 16.8 Å². The number of hydrogen-bond acceptors (Lipinski definition) is 0. The van der Waals surface area contributed by atoms with E-state index < -0.39 is 0 Å². The van der Waals surface area contributed by atoms with Gasteiger partial charge in [0.2, 0.25) is 0 Å². The molecule has 0 saturated carbocycles. The van der Waals surface area contributed by atoms with E-state index in [9.17, 15) is 0 Å². The van der Waals surface area contributed by atoms with Gasteiger partial charge < -0.3 is 4.98 Å². The highest BCUT2D eigenvalue weighted by atomic mass is 14.8. The van der Waals surface area contributed by atoms with Crippen molar-refractivity contribution in [2.45, 2.75) is 58.8 Å². The summed E-state index contributed by atoms with van der Waals surface area (Å²) >= 11 is 0. The molecule has 1 rings (SSSR count). The van der Waals surface area contributed by atoms with Gasteiger partial charge in [0.25, 0.3) is 0 Å². The van der Waals surface area contributed by atoms with E-state index in [1.165, 1.54) is 17.0 Å². The van der Waals surface area contributed by atoms with Crippen molar-refractivity contribution in [3.63, 3.8) is 0 Å². The first-order valence-corrected chi connectivity index (χ1v) is 5.68. The third kappa shape index (κ3) is 2.64. The standard InChI is InChI=1S/C14H24N/c1-8-11-10(13(2,3)4)9-12(15-11)14(5,6)7/h9,15H,1,8H2,2-7H3. The van der Waals surface area contributed by atoms with Gasteiger partial charge in [-0.15, -0.1) is 0 Å². The average molecular weight is 206 g/mol. The number of nitrogens with one attached hydrogen (secondary N) is 1. The fourth-order valence-electron chi connectivity index (χ4n) is 1.77. The highest BCUT2D eigenvalue weighted by molar-refractivity contribution is 5.35. The Morgan fingerprint density at radius 3 is 1.87 bits per heavy atom. The molecule has 0 amide bonds. The lowest BCUT2D eigenvalue weighted by atomic mass is 9.85. The second kappa shape index (κ2) is 3.70. The summed E-state index contributed by atoms with van der Waals surface area (Å²) in [6, 6.07) is 2.31. The number of rotatable bonds is 1. The van der Waals surface area contributed by atoms with Gasteiger partial charge in [-0.05, 0) is 30.4 Å². The Bertz CT molecular complexity index is 331. The second-order valence-corrected chi connectivity index (χ2v) is 6.33. The molecule has 85 valence electrons. The van der Waals surface area contributed by atoms with Crippen molar-refractivity contribution in [3.05, 3.63) is 29.9 Å². The fraction of sp³-hybridized carbons (Fsp3) is 0.643. The predicted molar refractivity (Wildman–Crippen MR) is 67.3 cm³/mol. The van der Waals surface area contributed by atoms with Gasteiger partial charge in [0.15, 0.2) is 0 Å². The van der Waals surface area contributed by atoms with Crippen LogP contribution in [0.3, 0.4) is 0 Å². The van der Waals surface area contributed by atoms with Crippen molar-refractivity contribution in [2.24, 2.45) is 0 Å². The molecule has 0 aliphatic carbocycles. The molecule has 0 aliphatic rings. The van der Waals surface area contributed by atoms with Crippen LogP contribution in [-0.2, 0) is 17.3 Å². The zero-order valence-corrected chi connectivity index (χ0v) is 11.0. The Hall–Kier alpha value is -0.720. The Morgan fingerprint density at radius 1 is 1.07 bits per heavy atom. The van der Waals surface area contributed by atoms with E-state index in [4.69, 9.17) is 0 Å². The molecule has 0 aromatic carbocycles. The van der Waals surface area contributed by atoms with Crippen molar-refractivity contribution < 1.29 is 0 Å². The van der Waals surface area contributed by atoms with Gasteiger partial charge in [-0.25, -0.2) is 0 Å². The molecule has 15 heavy (non-hydrogen) atoms. The average Bonchev–Trinajstić information content (AvgIpc) is 2.44. The van der Waals surface area contributed by atoms with Gasteiger partial charge in [-0.1, -0.05) is 41.5 Å². The van der Waals surface area contributed by atoms with Crippen LogP contribution < -0.4 is 0 Å². The van der Waals surface area contributed by atoms with Crippen LogP contribution in [-0.4, -0.2) is 4.98 Å². The predicted octanol–water partition coefficient (Wildman–Crippen LogP) is 3.99. The molecule has 0 bridgehead atoms. The summed E-state index contributed by atoms with van der Waals surface area (Å²) in [6.07, 6.45) is 0.836. The first-order valence-electron chi connectivity index (χ1n) is 5.68. The molecule has 0 saturated heterocycles. The Balaban J connectivity index is 3.24. The van der Waals surface area contributed by atoms with Crippen molar-refractivity contribution >= 4 is 0 Å². The van der Waals surface area contributed by atoms with E-state index in [0.717, 1.165) is 6.42 Å². The van der Waals surface area contributed by atoms with Crippen LogP contribution in [0.25, 0.3) is 0 Å². The summed E-state index contributed by atoms with van der Waals surface area (Å²) in [6.45, 7) is 17.5. The molecule has 0 fully saturated rings. The smallest absolute Gasteiger partial charge is 0.0206 e. The van der Waals surface area contributed by atoms with Crippen LogP contribution in [0.15, 0.2) is 6.07 Å². The highest BCUT2D eigenvalue weighted by Gasteiger charge is 2.24. The maximum atomic E-state index is 3.99. The van der Waals surface area contributed by atoms with E-state index in [-0.39, 0.29) is 10.8 Å². The SMILES string of the molecule is [CH2]Cc1[nH]c(C(C)(C)C)cc1C(C)(C)C. The zero-order valence-electron chi connectivity index (χ0n) is 11.0. The van der Waals surface area contributed by atoms with Gasteiger partial charge in [-0.2, -0.15) is 0 Å². The van der Waals surface area contributed by atoms with Crippen LogP contribution >= 0.6 is 0 Å². The highest BCUT2D eigenvalue weighted by Crippen LogP contribution is 2.31. The molecule has 0 spiro atoms. The van der Waals surface area contributed by atoms with Crippen LogP contribution in [0.4, 0.5) is 0 Å². The summed E-state index contributed by atoms with van der Waals surface area (Å²) in [4.78, 5) is 3.52. The third-order valence-electron chi connectivity index (χ3n) is 2.77. The Labute approximate surface area is 94.3 Å². The van der Waals surface area contributed by atoms with E-state index in [0.29, 0.717) is 0 Å². The monoisotopic (exact) mass is 206 g/mol. The van der Waals surface area contributed by atoms with E-state index in [1.807, 2.05) is 0 Å². The quantitative estimate of drug-likeness (QED) is 0.715. The minimum Gasteiger partial charge on any atom is -0.362 e. The maximum absolute atomic E-state index is 3.99. The normalized spacial score (nSPS) is 13.3. The van der Waals surface area contributed by atoms with E-state index in [2.05, 4.69) is 59.5 Å². The lowest BCUT2D eigenvalue weighted by molar-refractivity contribution is 0.569. The third-order valence-corrected chi connectivity index (χ3v) is 2.77. The van der Waals surface area contributed by atoms with Gasteiger partial charge >= 0.3 is 0 Å². The summed E-state index contributed by atoms with van der Waals surface area (Å²) in [5.41, 5.74) is 4.39. The Kier molecular flexibility index (Phi) is 3.04. The molecule has 1 heteroatoms. The van der Waals surface area contributed by atoms with Crippen LogP contribution in [0.2, 0.25) is 0 Å². The zero-order chi connectivity index (χ0) is 11.9. The molecule has 1 aromatic rings. The molecule has 1 heterocycles. The summed E-state index contributed by atoms with van der Waals surface area (Å²) in [7, 11) is 0. The lowest BCUT2D eigenvalue weighted by Crippen LogP contribution is -2.12. The van der Waals surface area contributed by atoms with Crippen LogP contribution in [0.1, 0.15) is 58.5 Å². The first-order chi connectivity index (χ1) is 6.66. The second-order valence-electron chi connectivity index (χ2n) is 6.33. The van der Waals surface area contributed by atoms with Gasteiger partial charge in [0.1, 0.15) is 0 Å². The molecule has 1 aromatic heterocycles. The number of hydrogen-bond donors (Lipinski definition) is 1. The van der Waals surface area contributed by atoms with E-state index in [1.54, 1.807) is 0 Å². The maximum Gasteiger partial charge on any atom is 0.0206 e. The minimum absolute atomic E-state index is 0.188. The van der Waals surface area contributed by atoms with Crippen molar-refractivity contribution in [3.8, 4) is 0 Å². The minimum atomic E-state index is 0.188. The first kappa shape index (κ1) is 12.4. The molecule has 0 aliphatic heterocycles. The summed E-state index contributed by atoms with van der Waals surface area (Å²) in [5, 5.41) is 0. The topological polar surface area (TPSA) is 15.8 Å². The van der Waals surface area contributed by atoms with Crippen molar-refractivity contribution in [1.29, 1.82) is 0 Å². The molecular formula is C14H24N. The van der Waals surface area contributed by atoms with Gasteiger partial charge in [-0.3, -0.25) is 0 Å². The fourth-order valence-corrected chi connectivity index (χ4v) is 1.77. The van der Waals surface area contributed by atoms with Crippen molar-refractivity contribution in [1.82, 2.24) is 4.98 Å². The lowest BCUT2D eigenvalue weighted by Gasteiger charge is -2.19. The molecule has 1 radical (unpaired) electrons. The number of aromatic amines is 1. The number of H-pyrrole nitrogens is 1. The van der Waals surface area contributed by atoms with Crippen molar-refractivity contribution in [2.75, 3.05) is 0 Å². The summed E-state index contributed by atoms with van der Waals surface area (Å²) < 4.78 is 0. The molecule has 0 unspecified atom stereocenters. The van der Waals surface area contributed by atoms with E-state index >= 15 is 0 Å². The van der Waals surface area contributed by atoms with Crippen LogP contribution in [0.5, 0.6) is 0 Å². The molecule has 0 atom stereocenters. The molecule has 1 nitrogen and oxygen atoms in total. The van der Waals surface area contributed by atoms with Gasteiger partial charge in [0.05, 0.1) is 0 Å². The molecular weight excluding hydrogens is 182 g/mol. The number of aromatic nitrogens is 1. The molecule has 1 N–H and O–H groups in total. The van der Waals surface area contributed by atoms with Crippen LogP contribution in [0, 0.1) is 6.92 Å².